The van der Waals surface area contributed by atoms with Crippen LogP contribution >= 0.6 is 0 Å². The van der Waals surface area contributed by atoms with Crippen molar-refractivity contribution in [2.45, 2.75) is 6.92 Å². The average Bonchev–Trinajstić information content (AvgIpc) is 2.54. The second kappa shape index (κ2) is 6.76. The van der Waals surface area contributed by atoms with E-state index in [1.54, 1.807) is 62.7 Å². The van der Waals surface area contributed by atoms with Crippen LogP contribution < -0.4 is 15.0 Å². The number of nitrogens with zero attached hydrogens (tertiary/aromatic N) is 1. The number of hydrogen-bond acceptors (Lipinski definition) is 3. The van der Waals surface area contributed by atoms with E-state index >= 15 is 0 Å². The molecule has 2 aromatic rings. The maximum atomic E-state index is 12.1. The quantitative estimate of drug-likeness (QED) is 0.944. The fourth-order valence-electron chi connectivity index (χ4n) is 1.90. The summed E-state index contributed by atoms with van der Waals surface area (Å²) < 4.78 is 5.06. The van der Waals surface area contributed by atoms with Gasteiger partial charge in [-0.3, -0.25) is 9.59 Å². The second-order valence-electron chi connectivity index (χ2n) is 4.81. The predicted molar refractivity (Wildman–Crippen MR) is 86.5 cm³/mol. The molecule has 1 N–H and O–H groups in total. The van der Waals surface area contributed by atoms with Crippen molar-refractivity contribution >= 4 is 23.2 Å². The molecular formula is C17H18N2O3. The fraction of sp³-hybridized carbons (Fsp3) is 0.176. The van der Waals surface area contributed by atoms with Crippen molar-refractivity contribution in [1.82, 2.24) is 0 Å². The minimum atomic E-state index is -0.199. The van der Waals surface area contributed by atoms with E-state index in [2.05, 4.69) is 5.32 Å². The lowest BCUT2D eigenvalue weighted by molar-refractivity contribution is -0.116. The monoisotopic (exact) mass is 298 g/mol. The number of benzene rings is 2. The lowest BCUT2D eigenvalue weighted by atomic mass is 10.2. The zero-order valence-corrected chi connectivity index (χ0v) is 12.8. The van der Waals surface area contributed by atoms with Gasteiger partial charge in [0, 0.05) is 30.9 Å². The molecule has 0 radical (unpaired) electrons. The first-order valence-corrected chi connectivity index (χ1v) is 6.81. The molecule has 5 heteroatoms. The Morgan fingerprint density at radius 3 is 2.09 bits per heavy atom. The van der Waals surface area contributed by atoms with E-state index in [1.807, 2.05) is 0 Å². The molecule has 0 bridgehead atoms. The standard InChI is InChI=1S/C17H18N2O3/c1-12(20)19(2)15-8-6-14(7-9-15)18-17(21)13-4-10-16(22-3)11-5-13/h4-11H,1-3H3,(H,18,21). The summed E-state index contributed by atoms with van der Waals surface area (Å²) in [6.07, 6.45) is 0. The molecule has 2 rings (SSSR count). The molecule has 5 nitrogen and oxygen atoms in total. The van der Waals surface area contributed by atoms with Gasteiger partial charge in [0.15, 0.2) is 0 Å². The molecule has 0 aliphatic carbocycles. The summed E-state index contributed by atoms with van der Waals surface area (Å²) >= 11 is 0. The fourth-order valence-corrected chi connectivity index (χ4v) is 1.90. The maximum Gasteiger partial charge on any atom is 0.255 e. The van der Waals surface area contributed by atoms with Crippen molar-refractivity contribution in [3.63, 3.8) is 0 Å². The van der Waals surface area contributed by atoms with Gasteiger partial charge in [-0.2, -0.15) is 0 Å². The first-order valence-electron chi connectivity index (χ1n) is 6.81. The van der Waals surface area contributed by atoms with Gasteiger partial charge in [-0.1, -0.05) is 0 Å². The molecule has 0 aromatic heterocycles. The normalized spacial score (nSPS) is 9.95. The first-order chi connectivity index (χ1) is 10.5. The third-order valence-electron chi connectivity index (χ3n) is 3.34. The zero-order valence-electron chi connectivity index (χ0n) is 12.8. The molecule has 0 saturated carbocycles. The lowest BCUT2D eigenvalue weighted by Crippen LogP contribution is -2.22. The van der Waals surface area contributed by atoms with E-state index in [4.69, 9.17) is 4.74 Å². The summed E-state index contributed by atoms with van der Waals surface area (Å²) in [7, 11) is 3.28. The Balaban J connectivity index is 2.06. The van der Waals surface area contributed by atoms with Gasteiger partial charge in [0.2, 0.25) is 5.91 Å². The smallest absolute Gasteiger partial charge is 0.255 e. The first kappa shape index (κ1) is 15.6. The lowest BCUT2D eigenvalue weighted by Gasteiger charge is -2.15. The van der Waals surface area contributed by atoms with Gasteiger partial charge in [0.05, 0.1) is 7.11 Å². The van der Waals surface area contributed by atoms with Crippen LogP contribution in [-0.4, -0.2) is 26.0 Å². The average molecular weight is 298 g/mol. The maximum absolute atomic E-state index is 12.1. The van der Waals surface area contributed by atoms with Gasteiger partial charge >= 0.3 is 0 Å². The van der Waals surface area contributed by atoms with Crippen LogP contribution in [0.15, 0.2) is 48.5 Å². The Hall–Kier alpha value is -2.82. The highest BCUT2D eigenvalue weighted by Crippen LogP contribution is 2.18. The van der Waals surface area contributed by atoms with Crippen LogP contribution in [0, 0.1) is 0 Å². The molecule has 22 heavy (non-hydrogen) atoms. The number of methoxy groups -OCH3 is 1. The van der Waals surface area contributed by atoms with E-state index < -0.39 is 0 Å². The van der Waals surface area contributed by atoms with E-state index in [0.29, 0.717) is 17.0 Å². The van der Waals surface area contributed by atoms with Crippen molar-refractivity contribution < 1.29 is 14.3 Å². The number of carbonyl (C=O) groups is 2. The van der Waals surface area contributed by atoms with Crippen LogP contribution in [0.1, 0.15) is 17.3 Å². The summed E-state index contributed by atoms with van der Waals surface area (Å²) in [6, 6.07) is 14.0. The van der Waals surface area contributed by atoms with Crippen molar-refractivity contribution in [2.75, 3.05) is 24.4 Å². The molecular weight excluding hydrogens is 280 g/mol. The molecule has 0 fully saturated rings. The molecule has 0 unspecified atom stereocenters. The number of amides is 2. The van der Waals surface area contributed by atoms with Crippen LogP contribution in [0.25, 0.3) is 0 Å². The third kappa shape index (κ3) is 3.63. The highest BCUT2D eigenvalue weighted by molar-refractivity contribution is 6.04. The minimum absolute atomic E-state index is 0.0463. The third-order valence-corrected chi connectivity index (χ3v) is 3.34. The number of nitrogens with one attached hydrogen (secondary N) is 1. The zero-order chi connectivity index (χ0) is 16.1. The van der Waals surface area contributed by atoms with Gasteiger partial charge in [-0.25, -0.2) is 0 Å². The van der Waals surface area contributed by atoms with Crippen molar-refractivity contribution in [3.05, 3.63) is 54.1 Å². The summed E-state index contributed by atoms with van der Waals surface area (Å²) in [5, 5.41) is 2.81. The highest BCUT2D eigenvalue weighted by atomic mass is 16.5. The molecule has 0 heterocycles. The second-order valence-corrected chi connectivity index (χ2v) is 4.81. The molecule has 0 aliphatic heterocycles. The van der Waals surface area contributed by atoms with Crippen LogP contribution in [0.3, 0.4) is 0 Å². The van der Waals surface area contributed by atoms with Crippen molar-refractivity contribution in [1.29, 1.82) is 0 Å². The van der Waals surface area contributed by atoms with Crippen LogP contribution in [0.4, 0.5) is 11.4 Å². The van der Waals surface area contributed by atoms with Crippen LogP contribution in [0.2, 0.25) is 0 Å². The van der Waals surface area contributed by atoms with Gasteiger partial charge in [0.25, 0.3) is 5.91 Å². The Bertz CT molecular complexity index is 663. The number of hydrogen-bond donors (Lipinski definition) is 1. The molecule has 0 spiro atoms. The molecule has 0 aliphatic rings. The number of rotatable bonds is 4. The van der Waals surface area contributed by atoms with E-state index in [0.717, 1.165) is 5.69 Å². The Labute approximate surface area is 129 Å². The van der Waals surface area contributed by atoms with Gasteiger partial charge in [-0.15, -0.1) is 0 Å². The van der Waals surface area contributed by atoms with Gasteiger partial charge in [0.1, 0.15) is 5.75 Å². The summed E-state index contributed by atoms with van der Waals surface area (Å²) in [6.45, 7) is 1.50. The minimum Gasteiger partial charge on any atom is -0.497 e. The van der Waals surface area contributed by atoms with Crippen LogP contribution in [0.5, 0.6) is 5.75 Å². The Morgan fingerprint density at radius 2 is 1.59 bits per heavy atom. The van der Waals surface area contributed by atoms with E-state index in [1.165, 1.54) is 11.8 Å². The summed E-state index contributed by atoms with van der Waals surface area (Å²) in [5.41, 5.74) is 1.99. The van der Waals surface area contributed by atoms with Crippen molar-refractivity contribution in [3.8, 4) is 5.75 Å². The number of ether oxygens (including phenoxy) is 1. The van der Waals surface area contributed by atoms with Gasteiger partial charge in [-0.05, 0) is 48.5 Å². The summed E-state index contributed by atoms with van der Waals surface area (Å²) in [5.74, 6) is 0.457. The molecule has 114 valence electrons. The van der Waals surface area contributed by atoms with E-state index in [9.17, 15) is 9.59 Å². The Morgan fingerprint density at radius 1 is 1.00 bits per heavy atom. The number of anilines is 2. The van der Waals surface area contributed by atoms with E-state index in [-0.39, 0.29) is 11.8 Å². The summed E-state index contributed by atoms with van der Waals surface area (Å²) in [4.78, 5) is 25.0. The molecule has 2 amide bonds. The van der Waals surface area contributed by atoms with Gasteiger partial charge < -0.3 is 15.0 Å². The Kier molecular flexibility index (Phi) is 4.78. The molecule has 0 saturated heterocycles. The van der Waals surface area contributed by atoms with Crippen LogP contribution in [-0.2, 0) is 4.79 Å². The number of carbonyl (C=O) groups excluding carboxylic acids is 2. The largest absolute Gasteiger partial charge is 0.497 e. The molecule has 0 atom stereocenters. The molecule has 2 aromatic carbocycles. The topological polar surface area (TPSA) is 58.6 Å². The van der Waals surface area contributed by atoms with Crippen molar-refractivity contribution in [2.24, 2.45) is 0 Å². The SMILES string of the molecule is COc1ccc(C(=O)Nc2ccc(N(C)C(C)=O)cc2)cc1. The predicted octanol–water partition coefficient (Wildman–Crippen LogP) is 2.93. The highest BCUT2D eigenvalue weighted by Gasteiger charge is 2.08.